The number of carboxylic acid groups (broad SMARTS) is 1. The number of hydrogen-bond donors (Lipinski definition) is 2. The molecule has 0 aromatic carbocycles. The van der Waals surface area contributed by atoms with Gasteiger partial charge in [0, 0.05) is 6.42 Å². The van der Waals surface area contributed by atoms with Crippen molar-refractivity contribution in [3.63, 3.8) is 0 Å². The van der Waals surface area contributed by atoms with Gasteiger partial charge in [-0.05, 0) is 37.6 Å². The maximum absolute atomic E-state index is 10.6. The Hall–Kier alpha value is -0.570. The fraction of sp³-hybridized carbons (Fsp3) is 0.917. The molecule has 0 amide bonds. The molecule has 2 rings (SSSR count). The van der Waals surface area contributed by atoms with E-state index in [0.29, 0.717) is 12.3 Å². The van der Waals surface area contributed by atoms with Crippen molar-refractivity contribution >= 4 is 5.97 Å². The van der Waals surface area contributed by atoms with Gasteiger partial charge in [0.1, 0.15) is 0 Å². The van der Waals surface area contributed by atoms with Crippen molar-refractivity contribution < 1.29 is 9.90 Å². The Labute approximate surface area is 92.0 Å². The second-order valence-electron chi connectivity index (χ2n) is 4.74. The van der Waals surface area contributed by atoms with Gasteiger partial charge in [0.2, 0.25) is 0 Å². The van der Waals surface area contributed by atoms with Gasteiger partial charge < -0.3 is 10.8 Å². The molecule has 88 valence electrons. The summed E-state index contributed by atoms with van der Waals surface area (Å²) >= 11 is 0. The van der Waals surface area contributed by atoms with Crippen LogP contribution in [0.3, 0.4) is 0 Å². The molecular formula is C12H23NO2. The van der Waals surface area contributed by atoms with Crippen LogP contribution in [0.15, 0.2) is 0 Å². The second-order valence-corrected chi connectivity index (χ2v) is 4.74. The molecular weight excluding hydrogens is 190 g/mol. The third kappa shape index (κ3) is 3.49. The van der Waals surface area contributed by atoms with E-state index in [1.54, 1.807) is 0 Å². The van der Waals surface area contributed by atoms with E-state index < -0.39 is 5.97 Å². The Bertz CT molecular complexity index is 192. The molecule has 2 fully saturated rings. The quantitative estimate of drug-likeness (QED) is 0.739. The Morgan fingerprint density at radius 1 is 1.20 bits per heavy atom. The summed E-state index contributed by atoms with van der Waals surface area (Å²) in [7, 11) is 1.50. The maximum Gasteiger partial charge on any atom is 0.303 e. The van der Waals surface area contributed by atoms with Crippen molar-refractivity contribution in [1.29, 1.82) is 0 Å². The van der Waals surface area contributed by atoms with Crippen LogP contribution in [-0.2, 0) is 4.79 Å². The first-order valence-electron chi connectivity index (χ1n) is 6.05. The van der Waals surface area contributed by atoms with Crippen LogP contribution >= 0.6 is 0 Å². The van der Waals surface area contributed by atoms with Crippen LogP contribution < -0.4 is 5.73 Å². The molecule has 3 N–H and O–H groups in total. The minimum Gasteiger partial charge on any atom is -0.481 e. The average Bonchev–Trinajstić information content (AvgIpc) is 2.61. The van der Waals surface area contributed by atoms with E-state index in [0.717, 1.165) is 11.8 Å². The Balaban J connectivity index is 0.000000531. The SMILES string of the molecule is CN.O=C(O)CC1CC2CCCCC2C1. The largest absolute Gasteiger partial charge is 0.481 e. The van der Waals surface area contributed by atoms with Crippen LogP contribution in [0.2, 0.25) is 0 Å². The van der Waals surface area contributed by atoms with Crippen molar-refractivity contribution in [2.24, 2.45) is 23.5 Å². The molecule has 0 aliphatic heterocycles. The summed E-state index contributed by atoms with van der Waals surface area (Å²) in [6, 6.07) is 0. The van der Waals surface area contributed by atoms with E-state index in [1.807, 2.05) is 0 Å². The number of nitrogens with two attached hydrogens (primary N) is 1. The van der Waals surface area contributed by atoms with Crippen LogP contribution in [0.1, 0.15) is 44.9 Å². The summed E-state index contributed by atoms with van der Waals surface area (Å²) in [6.45, 7) is 0. The zero-order valence-electron chi connectivity index (χ0n) is 9.61. The number of hydrogen-bond acceptors (Lipinski definition) is 2. The molecule has 3 nitrogen and oxygen atoms in total. The molecule has 0 spiro atoms. The van der Waals surface area contributed by atoms with Crippen molar-refractivity contribution in [3.8, 4) is 0 Å². The molecule has 2 unspecified atom stereocenters. The van der Waals surface area contributed by atoms with Gasteiger partial charge in [0.15, 0.2) is 0 Å². The molecule has 2 saturated carbocycles. The van der Waals surface area contributed by atoms with Crippen LogP contribution in [-0.4, -0.2) is 18.1 Å². The molecule has 0 aromatic rings. The van der Waals surface area contributed by atoms with Crippen LogP contribution in [0.4, 0.5) is 0 Å². The molecule has 0 bridgehead atoms. The van der Waals surface area contributed by atoms with Crippen LogP contribution in [0.25, 0.3) is 0 Å². The molecule has 2 atom stereocenters. The van der Waals surface area contributed by atoms with Crippen molar-refractivity contribution in [1.82, 2.24) is 0 Å². The molecule has 0 saturated heterocycles. The predicted molar refractivity (Wildman–Crippen MR) is 60.5 cm³/mol. The zero-order chi connectivity index (χ0) is 11.3. The summed E-state index contributed by atoms with van der Waals surface area (Å²) in [5.74, 6) is 1.63. The fourth-order valence-corrected chi connectivity index (χ4v) is 3.27. The highest BCUT2D eigenvalue weighted by atomic mass is 16.4. The van der Waals surface area contributed by atoms with Crippen LogP contribution in [0, 0.1) is 17.8 Å². The lowest BCUT2D eigenvalue weighted by molar-refractivity contribution is -0.138. The molecule has 15 heavy (non-hydrogen) atoms. The van der Waals surface area contributed by atoms with Gasteiger partial charge >= 0.3 is 5.97 Å². The topological polar surface area (TPSA) is 63.3 Å². The van der Waals surface area contributed by atoms with E-state index in [-0.39, 0.29) is 0 Å². The molecule has 2 aliphatic rings. The highest BCUT2D eigenvalue weighted by Gasteiger charge is 2.36. The normalized spacial score (nSPS) is 33.9. The standard InChI is InChI=1S/C11H18O2.CH5N/c12-11(13)7-8-5-9-3-1-2-4-10(9)6-8;1-2/h8-10H,1-7H2,(H,12,13);2H2,1H3. The van der Waals surface area contributed by atoms with E-state index in [1.165, 1.54) is 45.6 Å². The molecule has 0 heterocycles. The zero-order valence-corrected chi connectivity index (χ0v) is 9.61. The monoisotopic (exact) mass is 213 g/mol. The van der Waals surface area contributed by atoms with E-state index in [2.05, 4.69) is 5.73 Å². The third-order valence-electron chi connectivity index (χ3n) is 3.80. The first-order chi connectivity index (χ1) is 7.25. The number of fused-ring (bicyclic) bond motifs is 1. The van der Waals surface area contributed by atoms with E-state index >= 15 is 0 Å². The lowest BCUT2D eigenvalue weighted by Gasteiger charge is -2.24. The minimum absolute atomic E-state index is 0.410. The lowest BCUT2D eigenvalue weighted by Crippen LogP contribution is -2.12. The van der Waals surface area contributed by atoms with Gasteiger partial charge in [-0.1, -0.05) is 25.7 Å². The Morgan fingerprint density at radius 2 is 1.67 bits per heavy atom. The minimum atomic E-state index is -0.608. The van der Waals surface area contributed by atoms with Crippen molar-refractivity contribution in [2.75, 3.05) is 7.05 Å². The first kappa shape index (κ1) is 12.5. The molecule has 0 aromatic heterocycles. The number of aliphatic carboxylic acids is 1. The van der Waals surface area contributed by atoms with E-state index in [9.17, 15) is 4.79 Å². The highest BCUT2D eigenvalue weighted by molar-refractivity contribution is 5.67. The summed E-state index contributed by atoms with van der Waals surface area (Å²) in [6.07, 6.45) is 8.27. The van der Waals surface area contributed by atoms with Crippen LogP contribution in [0.5, 0.6) is 0 Å². The molecule has 0 radical (unpaired) electrons. The van der Waals surface area contributed by atoms with Gasteiger partial charge in [0.25, 0.3) is 0 Å². The third-order valence-corrected chi connectivity index (χ3v) is 3.80. The van der Waals surface area contributed by atoms with Gasteiger partial charge in [-0.3, -0.25) is 4.79 Å². The smallest absolute Gasteiger partial charge is 0.303 e. The Kier molecular flexibility index (Phi) is 5.09. The Morgan fingerprint density at radius 3 is 2.07 bits per heavy atom. The summed E-state index contributed by atoms with van der Waals surface area (Å²) in [4.78, 5) is 10.6. The summed E-state index contributed by atoms with van der Waals surface area (Å²) < 4.78 is 0. The summed E-state index contributed by atoms with van der Waals surface area (Å²) in [5.41, 5.74) is 4.50. The first-order valence-corrected chi connectivity index (χ1v) is 6.05. The summed E-state index contributed by atoms with van der Waals surface area (Å²) in [5, 5.41) is 8.71. The fourth-order valence-electron chi connectivity index (χ4n) is 3.27. The maximum atomic E-state index is 10.6. The van der Waals surface area contributed by atoms with Crippen molar-refractivity contribution in [3.05, 3.63) is 0 Å². The predicted octanol–water partition coefficient (Wildman–Crippen LogP) is 2.25. The molecule has 3 heteroatoms. The average molecular weight is 213 g/mol. The van der Waals surface area contributed by atoms with Gasteiger partial charge in [0.05, 0.1) is 0 Å². The number of rotatable bonds is 2. The van der Waals surface area contributed by atoms with Gasteiger partial charge in [-0.2, -0.15) is 0 Å². The van der Waals surface area contributed by atoms with Gasteiger partial charge in [-0.15, -0.1) is 0 Å². The second kappa shape index (κ2) is 6.11. The van der Waals surface area contributed by atoms with Crippen molar-refractivity contribution in [2.45, 2.75) is 44.9 Å². The van der Waals surface area contributed by atoms with Gasteiger partial charge in [-0.25, -0.2) is 0 Å². The number of carboxylic acids is 1. The molecule has 2 aliphatic carbocycles. The van der Waals surface area contributed by atoms with E-state index in [4.69, 9.17) is 5.11 Å². The highest BCUT2D eigenvalue weighted by Crippen LogP contribution is 2.45. The lowest BCUT2D eigenvalue weighted by atomic mass is 9.82. The number of carbonyl (C=O) groups is 1.